The number of nitrogens with zero attached hydrogens (tertiary/aromatic N) is 2. The molecule has 86 valence electrons. The Bertz CT molecular complexity index is 651. The van der Waals surface area contributed by atoms with Crippen molar-refractivity contribution in [3.63, 3.8) is 0 Å². The highest BCUT2D eigenvalue weighted by Gasteiger charge is 2.04. The van der Waals surface area contributed by atoms with Crippen LogP contribution in [-0.2, 0) is 0 Å². The van der Waals surface area contributed by atoms with Crippen LogP contribution in [0.15, 0.2) is 42.5 Å². The number of rotatable bonds is 2. The first-order chi connectivity index (χ1) is 8.72. The van der Waals surface area contributed by atoms with Gasteiger partial charge in [0.05, 0.1) is 11.1 Å². The summed E-state index contributed by atoms with van der Waals surface area (Å²) in [4.78, 5) is 0. The average molecular weight is 255 g/mol. The third-order valence-electron chi connectivity index (χ3n) is 2.28. The van der Waals surface area contributed by atoms with Gasteiger partial charge in [-0.1, -0.05) is 11.6 Å². The van der Waals surface area contributed by atoms with E-state index in [0.717, 1.165) is 0 Å². The van der Waals surface area contributed by atoms with Crippen LogP contribution in [0.25, 0.3) is 0 Å². The Morgan fingerprint density at radius 3 is 2.06 bits per heavy atom. The molecule has 2 rings (SSSR count). The van der Waals surface area contributed by atoms with Crippen molar-refractivity contribution in [1.29, 1.82) is 10.5 Å². The average Bonchev–Trinajstić information content (AvgIpc) is 2.41. The van der Waals surface area contributed by atoms with Crippen LogP contribution in [0.4, 0.5) is 0 Å². The number of ether oxygens (including phenoxy) is 1. The van der Waals surface area contributed by atoms with Gasteiger partial charge >= 0.3 is 0 Å². The lowest BCUT2D eigenvalue weighted by atomic mass is 10.1. The number of halogens is 1. The Hall–Kier alpha value is -2.49. The van der Waals surface area contributed by atoms with Gasteiger partial charge in [0.25, 0.3) is 0 Å². The molecule has 0 aliphatic heterocycles. The predicted molar refractivity (Wildman–Crippen MR) is 67.4 cm³/mol. The van der Waals surface area contributed by atoms with Crippen LogP contribution in [0.1, 0.15) is 11.1 Å². The zero-order chi connectivity index (χ0) is 13.0. The molecule has 0 radical (unpaired) electrons. The Balaban J connectivity index is 2.28. The van der Waals surface area contributed by atoms with Gasteiger partial charge in [-0.05, 0) is 42.5 Å². The van der Waals surface area contributed by atoms with Crippen LogP contribution in [0.5, 0.6) is 11.5 Å². The summed E-state index contributed by atoms with van der Waals surface area (Å²) in [5, 5.41) is 18.3. The molecule has 0 aromatic heterocycles. The van der Waals surface area contributed by atoms with Gasteiger partial charge in [-0.3, -0.25) is 0 Å². The summed E-state index contributed by atoms with van der Waals surface area (Å²) >= 11 is 5.77. The Morgan fingerprint density at radius 2 is 1.44 bits per heavy atom. The fraction of sp³-hybridized carbons (Fsp3) is 0. The van der Waals surface area contributed by atoms with Gasteiger partial charge in [0.15, 0.2) is 0 Å². The Morgan fingerprint density at radius 1 is 0.833 bits per heavy atom. The van der Waals surface area contributed by atoms with Gasteiger partial charge in [0.2, 0.25) is 0 Å². The van der Waals surface area contributed by atoms with E-state index in [4.69, 9.17) is 26.9 Å². The van der Waals surface area contributed by atoms with Crippen LogP contribution < -0.4 is 4.74 Å². The molecule has 2 aromatic rings. The Kier molecular flexibility index (Phi) is 3.48. The highest BCUT2D eigenvalue weighted by atomic mass is 35.5. The molecule has 0 atom stereocenters. The summed E-state index contributed by atoms with van der Waals surface area (Å²) in [6.45, 7) is 0. The topological polar surface area (TPSA) is 56.8 Å². The minimum absolute atomic E-state index is 0.295. The monoisotopic (exact) mass is 254 g/mol. The minimum atomic E-state index is 0.295. The van der Waals surface area contributed by atoms with Gasteiger partial charge in [-0.15, -0.1) is 0 Å². The molecule has 0 saturated heterocycles. The molecule has 0 fully saturated rings. The first-order valence-electron chi connectivity index (χ1n) is 5.10. The van der Waals surface area contributed by atoms with Gasteiger partial charge in [0, 0.05) is 5.02 Å². The maximum absolute atomic E-state index is 8.90. The summed E-state index contributed by atoms with van der Waals surface area (Å²) in [6, 6.07) is 15.5. The summed E-state index contributed by atoms with van der Waals surface area (Å²) < 4.78 is 5.56. The molecule has 18 heavy (non-hydrogen) atoms. The molecule has 0 aliphatic carbocycles. The van der Waals surface area contributed by atoms with E-state index in [1.165, 1.54) is 6.07 Å². The summed E-state index contributed by atoms with van der Waals surface area (Å²) in [6.07, 6.45) is 0. The molecule has 0 aliphatic rings. The molecular weight excluding hydrogens is 248 g/mol. The molecule has 0 bridgehead atoms. The van der Waals surface area contributed by atoms with E-state index >= 15 is 0 Å². The second kappa shape index (κ2) is 5.23. The van der Waals surface area contributed by atoms with Crippen molar-refractivity contribution >= 4 is 11.6 Å². The summed E-state index contributed by atoms with van der Waals surface area (Å²) in [5.41, 5.74) is 0.630. The largest absolute Gasteiger partial charge is 0.457 e. The summed E-state index contributed by atoms with van der Waals surface area (Å²) in [5.74, 6) is 1.13. The maximum Gasteiger partial charge on any atom is 0.128 e. The second-order valence-electron chi connectivity index (χ2n) is 3.49. The number of hydrogen-bond donors (Lipinski definition) is 0. The zero-order valence-electron chi connectivity index (χ0n) is 9.22. The quantitative estimate of drug-likeness (QED) is 0.817. The van der Waals surface area contributed by atoms with Crippen LogP contribution in [0, 0.1) is 22.7 Å². The van der Waals surface area contributed by atoms with Crippen LogP contribution in [0.3, 0.4) is 0 Å². The second-order valence-corrected chi connectivity index (χ2v) is 3.92. The smallest absolute Gasteiger partial charge is 0.128 e. The van der Waals surface area contributed by atoms with Crippen LogP contribution in [0.2, 0.25) is 5.02 Å². The Labute approximate surface area is 109 Å². The number of nitriles is 2. The molecule has 0 spiro atoms. The molecule has 0 heterocycles. The highest BCUT2D eigenvalue weighted by Crippen LogP contribution is 2.24. The third kappa shape index (κ3) is 2.60. The van der Waals surface area contributed by atoms with Crippen molar-refractivity contribution in [2.75, 3.05) is 0 Å². The first-order valence-corrected chi connectivity index (χ1v) is 5.48. The van der Waals surface area contributed by atoms with Gasteiger partial charge < -0.3 is 4.74 Å². The van der Waals surface area contributed by atoms with Crippen molar-refractivity contribution in [2.24, 2.45) is 0 Å². The van der Waals surface area contributed by atoms with Crippen molar-refractivity contribution in [2.45, 2.75) is 0 Å². The zero-order valence-corrected chi connectivity index (χ0v) is 9.98. The third-order valence-corrected chi connectivity index (χ3v) is 2.53. The van der Waals surface area contributed by atoms with Crippen molar-refractivity contribution < 1.29 is 4.74 Å². The minimum Gasteiger partial charge on any atom is -0.457 e. The first kappa shape index (κ1) is 12.0. The molecule has 0 saturated carbocycles. The van der Waals surface area contributed by atoms with E-state index in [1.807, 2.05) is 12.1 Å². The molecule has 0 N–H and O–H groups in total. The number of hydrogen-bond acceptors (Lipinski definition) is 3. The normalized spacial score (nSPS) is 9.28. The number of benzene rings is 2. The lowest BCUT2D eigenvalue weighted by molar-refractivity contribution is 0.482. The molecule has 0 unspecified atom stereocenters. The van der Waals surface area contributed by atoms with E-state index in [0.29, 0.717) is 27.6 Å². The molecular formula is C14H7ClN2O. The van der Waals surface area contributed by atoms with E-state index in [9.17, 15) is 0 Å². The van der Waals surface area contributed by atoms with Crippen LogP contribution in [-0.4, -0.2) is 0 Å². The fourth-order valence-electron chi connectivity index (χ4n) is 1.42. The fourth-order valence-corrected chi connectivity index (χ4v) is 1.54. The van der Waals surface area contributed by atoms with Gasteiger partial charge in [-0.25, -0.2) is 0 Å². The highest BCUT2D eigenvalue weighted by molar-refractivity contribution is 6.30. The maximum atomic E-state index is 8.90. The van der Waals surface area contributed by atoms with E-state index in [-0.39, 0.29) is 0 Å². The lowest BCUT2D eigenvalue weighted by Gasteiger charge is -2.06. The van der Waals surface area contributed by atoms with Gasteiger partial charge in [0.1, 0.15) is 23.6 Å². The predicted octanol–water partition coefficient (Wildman–Crippen LogP) is 3.88. The van der Waals surface area contributed by atoms with Crippen molar-refractivity contribution in [3.8, 4) is 23.6 Å². The van der Waals surface area contributed by atoms with Gasteiger partial charge in [-0.2, -0.15) is 10.5 Å². The van der Waals surface area contributed by atoms with Crippen molar-refractivity contribution in [3.05, 3.63) is 58.6 Å². The molecule has 4 heteroatoms. The van der Waals surface area contributed by atoms with Crippen molar-refractivity contribution in [1.82, 2.24) is 0 Å². The molecule has 0 amide bonds. The van der Waals surface area contributed by atoms with Crippen LogP contribution >= 0.6 is 11.6 Å². The molecule has 2 aromatic carbocycles. The SMILES string of the molecule is N#Cc1ccc(Oc2ccc(Cl)cc2)cc1C#N. The van der Waals surface area contributed by atoms with E-state index in [2.05, 4.69) is 0 Å². The molecule has 3 nitrogen and oxygen atoms in total. The standard InChI is InChI=1S/C14H7ClN2O/c15-12-2-5-13(6-3-12)18-14-4-1-10(8-16)11(7-14)9-17/h1-7H. The van der Waals surface area contributed by atoms with E-state index < -0.39 is 0 Å². The van der Waals surface area contributed by atoms with E-state index in [1.54, 1.807) is 36.4 Å². The summed E-state index contributed by atoms with van der Waals surface area (Å²) in [7, 11) is 0. The lowest BCUT2D eigenvalue weighted by Crippen LogP contribution is -1.88.